The molecule has 0 aliphatic carbocycles. The Balaban J connectivity index is 2.42. The van der Waals surface area contributed by atoms with Crippen molar-refractivity contribution >= 4 is 11.8 Å². The first-order valence-corrected chi connectivity index (χ1v) is 5.74. The molecule has 15 heavy (non-hydrogen) atoms. The normalized spacial score (nSPS) is 12.7. The Kier molecular flexibility index (Phi) is 4.59. The molecule has 1 unspecified atom stereocenters. The summed E-state index contributed by atoms with van der Waals surface area (Å²) in [6.45, 7) is 4.05. The number of hydrogen-bond donors (Lipinski definition) is 1. The van der Waals surface area contributed by atoms with E-state index in [4.69, 9.17) is 5.26 Å². The van der Waals surface area contributed by atoms with E-state index in [1.807, 2.05) is 25.5 Å². The zero-order valence-electron chi connectivity index (χ0n) is 9.14. The van der Waals surface area contributed by atoms with E-state index in [1.54, 1.807) is 6.33 Å². The first kappa shape index (κ1) is 12.0. The first-order chi connectivity index (χ1) is 7.13. The molecule has 0 amide bonds. The van der Waals surface area contributed by atoms with Crippen LogP contribution in [0.4, 0.5) is 0 Å². The maximum absolute atomic E-state index is 8.90. The molecule has 1 N–H and O–H groups in total. The number of nitrogens with one attached hydrogen (secondary N) is 1. The SMILES string of the molecule is CC(C)NC(C#N)CSc1nncn1C. The van der Waals surface area contributed by atoms with Crippen molar-refractivity contribution in [2.24, 2.45) is 7.05 Å². The minimum Gasteiger partial charge on any atom is -0.312 e. The average molecular weight is 225 g/mol. The largest absolute Gasteiger partial charge is 0.312 e. The summed E-state index contributed by atoms with van der Waals surface area (Å²) in [7, 11) is 1.89. The summed E-state index contributed by atoms with van der Waals surface area (Å²) in [5, 5.41) is 20.6. The number of nitrogens with zero attached hydrogens (tertiary/aromatic N) is 4. The maximum Gasteiger partial charge on any atom is 0.190 e. The van der Waals surface area contributed by atoms with Gasteiger partial charge in [-0.05, 0) is 13.8 Å². The van der Waals surface area contributed by atoms with Crippen LogP contribution in [-0.2, 0) is 7.05 Å². The Bertz CT molecular complexity index is 341. The van der Waals surface area contributed by atoms with Gasteiger partial charge in [-0.1, -0.05) is 11.8 Å². The second-order valence-electron chi connectivity index (χ2n) is 3.54. The van der Waals surface area contributed by atoms with Crippen LogP contribution in [0.25, 0.3) is 0 Å². The van der Waals surface area contributed by atoms with Crippen molar-refractivity contribution in [1.29, 1.82) is 5.26 Å². The molecule has 1 heterocycles. The van der Waals surface area contributed by atoms with Crippen LogP contribution >= 0.6 is 11.8 Å². The van der Waals surface area contributed by atoms with E-state index in [0.717, 1.165) is 5.16 Å². The summed E-state index contributed by atoms with van der Waals surface area (Å²) in [4.78, 5) is 0. The number of thioether (sulfide) groups is 1. The van der Waals surface area contributed by atoms with Gasteiger partial charge in [0.2, 0.25) is 0 Å². The third kappa shape index (κ3) is 3.90. The Hall–Kier alpha value is -1.06. The molecule has 5 nitrogen and oxygen atoms in total. The van der Waals surface area contributed by atoms with Crippen molar-refractivity contribution in [3.8, 4) is 6.07 Å². The van der Waals surface area contributed by atoms with E-state index in [0.29, 0.717) is 11.8 Å². The van der Waals surface area contributed by atoms with Gasteiger partial charge in [0, 0.05) is 18.8 Å². The highest BCUT2D eigenvalue weighted by Gasteiger charge is 2.10. The zero-order valence-corrected chi connectivity index (χ0v) is 9.95. The zero-order chi connectivity index (χ0) is 11.3. The van der Waals surface area contributed by atoms with Crippen molar-refractivity contribution in [3.63, 3.8) is 0 Å². The van der Waals surface area contributed by atoms with E-state index in [9.17, 15) is 0 Å². The van der Waals surface area contributed by atoms with Gasteiger partial charge in [-0.3, -0.25) is 5.32 Å². The summed E-state index contributed by atoms with van der Waals surface area (Å²) >= 11 is 1.53. The predicted molar refractivity (Wildman–Crippen MR) is 59.4 cm³/mol. The highest BCUT2D eigenvalue weighted by molar-refractivity contribution is 7.99. The van der Waals surface area contributed by atoms with Crippen LogP contribution < -0.4 is 5.32 Å². The van der Waals surface area contributed by atoms with E-state index in [1.165, 1.54) is 11.8 Å². The average Bonchev–Trinajstić information content (AvgIpc) is 2.58. The number of aryl methyl sites for hydroxylation is 1. The predicted octanol–water partition coefficient (Wildman–Crippen LogP) is 0.797. The molecular formula is C9H15N5S. The quantitative estimate of drug-likeness (QED) is 0.751. The van der Waals surface area contributed by atoms with E-state index >= 15 is 0 Å². The van der Waals surface area contributed by atoms with Crippen LogP contribution in [0.3, 0.4) is 0 Å². The number of aromatic nitrogens is 3. The van der Waals surface area contributed by atoms with Crippen LogP contribution in [0.5, 0.6) is 0 Å². The molecule has 0 fully saturated rings. The Morgan fingerprint density at radius 1 is 1.67 bits per heavy atom. The first-order valence-electron chi connectivity index (χ1n) is 4.76. The summed E-state index contributed by atoms with van der Waals surface area (Å²) in [6.07, 6.45) is 1.65. The van der Waals surface area contributed by atoms with Gasteiger partial charge < -0.3 is 4.57 Å². The van der Waals surface area contributed by atoms with Gasteiger partial charge in [-0.2, -0.15) is 5.26 Å². The molecule has 0 saturated heterocycles. The molecule has 0 aliphatic rings. The molecule has 6 heteroatoms. The molecule has 82 valence electrons. The van der Waals surface area contributed by atoms with Crippen molar-refractivity contribution in [2.45, 2.75) is 31.1 Å². The lowest BCUT2D eigenvalue weighted by Crippen LogP contribution is -2.35. The Morgan fingerprint density at radius 3 is 2.87 bits per heavy atom. The second kappa shape index (κ2) is 5.73. The molecule has 0 saturated carbocycles. The van der Waals surface area contributed by atoms with Crippen LogP contribution in [0, 0.1) is 11.3 Å². The highest BCUT2D eigenvalue weighted by Crippen LogP contribution is 2.14. The van der Waals surface area contributed by atoms with Crippen LogP contribution in [0.2, 0.25) is 0 Å². The summed E-state index contributed by atoms with van der Waals surface area (Å²) in [6, 6.07) is 2.39. The lowest BCUT2D eigenvalue weighted by Gasteiger charge is -2.13. The van der Waals surface area contributed by atoms with E-state index in [-0.39, 0.29) is 6.04 Å². The van der Waals surface area contributed by atoms with Crippen molar-refractivity contribution in [3.05, 3.63) is 6.33 Å². The minimum atomic E-state index is -0.147. The molecule has 1 rings (SSSR count). The minimum absolute atomic E-state index is 0.147. The van der Waals surface area contributed by atoms with Crippen LogP contribution in [0.1, 0.15) is 13.8 Å². The third-order valence-electron chi connectivity index (χ3n) is 1.74. The number of hydrogen-bond acceptors (Lipinski definition) is 5. The fraction of sp³-hybridized carbons (Fsp3) is 0.667. The number of nitriles is 1. The number of rotatable bonds is 5. The molecule has 0 aliphatic heterocycles. The monoisotopic (exact) mass is 225 g/mol. The maximum atomic E-state index is 8.90. The molecule has 1 aromatic heterocycles. The van der Waals surface area contributed by atoms with Crippen LogP contribution in [-0.4, -0.2) is 32.6 Å². The molecular weight excluding hydrogens is 210 g/mol. The molecule has 0 bridgehead atoms. The van der Waals surface area contributed by atoms with Gasteiger partial charge >= 0.3 is 0 Å². The fourth-order valence-corrected chi connectivity index (χ4v) is 1.93. The van der Waals surface area contributed by atoms with Crippen molar-refractivity contribution < 1.29 is 0 Å². The van der Waals surface area contributed by atoms with Gasteiger partial charge in [0.1, 0.15) is 12.4 Å². The summed E-state index contributed by atoms with van der Waals surface area (Å²) in [5.74, 6) is 0.682. The van der Waals surface area contributed by atoms with E-state index in [2.05, 4.69) is 21.6 Å². The van der Waals surface area contributed by atoms with Crippen molar-refractivity contribution in [1.82, 2.24) is 20.1 Å². The standard InChI is InChI=1S/C9H15N5S/c1-7(2)12-8(4-10)5-15-9-13-11-6-14(9)3/h6-8,12H,5H2,1-3H3. The highest BCUT2D eigenvalue weighted by atomic mass is 32.2. The van der Waals surface area contributed by atoms with Gasteiger partial charge in [-0.15, -0.1) is 10.2 Å². The summed E-state index contributed by atoms with van der Waals surface area (Å²) < 4.78 is 1.84. The van der Waals surface area contributed by atoms with Gasteiger partial charge in [-0.25, -0.2) is 0 Å². The fourth-order valence-electron chi connectivity index (χ4n) is 1.09. The second-order valence-corrected chi connectivity index (χ2v) is 4.53. The Labute approximate surface area is 93.9 Å². The third-order valence-corrected chi connectivity index (χ3v) is 2.87. The van der Waals surface area contributed by atoms with Gasteiger partial charge in [0.05, 0.1) is 6.07 Å². The summed E-state index contributed by atoms with van der Waals surface area (Å²) in [5.41, 5.74) is 0. The Morgan fingerprint density at radius 2 is 2.40 bits per heavy atom. The van der Waals surface area contributed by atoms with E-state index < -0.39 is 0 Å². The van der Waals surface area contributed by atoms with Crippen molar-refractivity contribution in [2.75, 3.05) is 5.75 Å². The van der Waals surface area contributed by atoms with Gasteiger partial charge in [0.25, 0.3) is 0 Å². The smallest absolute Gasteiger partial charge is 0.190 e. The molecule has 1 atom stereocenters. The lowest BCUT2D eigenvalue weighted by molar-refractivity contribution is 0.560. The molecule has 1 aromatic rings. The molecule has 0 radical (unpaired) electrons. The molecule has 0 spiro atoms. The van der Waals surface area contributed by atoms with Gasteiger partial charge in [0.15, 0.2) is 5.16 Å². The lowest BCUT2D eigenvalue weighted by atomic mass is 10.3. The molecule has 0 aromatic carbocycles. The topological polar surface area (TPSA) is 66.5 Å². The van der Waals surface area contributed by atoms with Crippen LogP contribution in [0.15, 0.2) is 11.5 Å².